The van der Waals surface area contributed by atoms with E-state index < -0.39 is 0 Å². The van der Waals surface area contributed by atoms with Crippen molar-refractivity contribution in [2.24, 2.45) is 5.92 Å². The van der Waals surface area contributed by atoms with Crippen molar-refractivity contribution in [3.63, 3.8) is 0 Å². The number of aromatic nitrogens is 1. The Labute approximate surface area is 102 Å². The normalized spacial score (nSPS) is 9.41. The van der Waals surface area contributed by atoms with Gasteiger partial charge in [-0.3, -0.25) is 4.79 Å². The molecular formula is C13H17N3O. The molecule has 0 spiro atoms. The third kappa shape index (κ3) is 4.56. The maximum absolute atomic E-state index is 11.3. The highest BCUT2D eigenvalue weighted by Crippen LogP contribution is 2.04. The molecule has 0 aromatic carbocycles. The molecule has 0 atom stereocenters. The Morgan fingerprint density at radius 3 is 2.76 bits per heavy atom. The molecule has 0 saturated heterocycles. The fraction of sp³-hybridized carbons (Fsp3) is 0.385. The van der Waals surface area contributed by atoms with Gasteiger partial charge in [-0.05, 0) is 12.1 Å². The second kappa shape index (κ2) is 6.54. The third-order valence-corrected chi connectivity index (χ3v) is 2.00. The van der Waals surface area contributed by atoms with Gasteiger partial charge in [0.1, 0.15) is 5.82 Å². The quantitative estimate of drug-likeness (QED) is 0.775. The maximum Gasteiger partial charge on any atom is 0.252 e. The van der Waals surface area contributed by atoms with Crippen molar-refractivity contribution >= 4 is 11.7 Å². The Bertz CT molecular complexity index is 426. The van der Waals surface area contributed by atoms with Crippen molar-refractivity contribution < 1.29 is 4.79 Å². The molecule has 1 rings (SSSR count). The minimum absolute atomic E-state index is 0.136. The first kappa shape index (κ1) is 13.0. The van der Waals surface area contributed by atoms with Crippen LogP contribution in [0.1, 0.15) is 24.2 Å². The van der Waals surface area contributed by atoms with Crippen molar-refractivity contribution in [1.29, 1.82) is 0 Å². The number of anilines is 1. The lowest BCUT2D eigenvalue weighted by molar-refractivity contribution is 0.0963. The molecule has 4 nitrogen and oxygen atoms in total. The topological polar surface area (TPSA) is 54.0 Å². The number of amides is 1. The van der Waals surface area contributed by atoms with Gasteiger partial charge in [-0.1, -0.05) is 25.7 Å². The van der Waals surface area contributed by atoms with Gasteiger partial charge in [0.25, 0.3) is 5.91 Å². The van der Waals surface area contributed by atoms with Crippen LogP contribution in [0.4, 0.5) is 5.82 Å². The lowest BCUT2D eigenvalue weighted by Gasteiger charge is -2.02. The Hall–Kier alpha value is -2.02. The van der Waals surface area contributed by atoms with Gasteiger partial charge < -0.3 is 10.6 Å². The summed E-state index contributed by atoms with van der Waals surface area (Å²) >= 11 is 0. The predicted molar refractivity (Wildman–Crippen MR) is 68.7 cm³/mol. The first-order valence-electron chi connectivity index (χ1n) is 5.54. The van der Waals surface area contributed by atoms with Crippen LogP contribution in [0.3, 0.4) is 0 Å². The summed E-state index contributed by atoms with van der Waals surface area (Å²) in [6, 6.07) is 3.49. The van der Waals surface area contributed by atoms with Crippen LogP contribution in [-0.2, 0) is 0 Å². The number of hydrogen-bond donors (Lipinski definition) is 2. The summed E-state index contributed by atoms with van der Waals surface area (Å²) in [7, 11) is 1.59. The van der Waals surface area contributed by atoms with Crippen LogP contribution in [0, 0.1) is 17.8 Å². The molecule has 0 fully saturated rings. The molecule has 0 bridgehead atoms. The van der Waals surface area contributed by atoms with Gasteiger partial charge in [0.2, 0.25) is 0 Å². The van der Waals surface area contributed by atoms with Crippen LogP contribution < -0.4 is 10.6 Å². The fourth-order valence-electron chi connectivity index (χ4n) is 1.17. The first-order valence-corrected chi connectivity index (χ1v) is 5.54. The summed E-state index contributed by atoms with van der Waals surface area (Å²) in [5, 5.41) is 5.61. The SMILES string of the molecule is CNC(=O)c1ccc(NCC#CC(C)C)nc1. The van der Waals surface area contributed by atoms with E-state index in [2.05, 4.69) is 27.5 Å². The van der Waals surface area contributed by atoms with Gasteiger partial charge >= 0.3 is 0 Å². The van der Waals surface area contributed by atoms with E-state index in [0.29, 0.717) is 18.0 Å². The monoisotopic (exact) mass is 231 g/mol. The number of hydrogen-bond acceptors (Lipinski definition) is 3. The number of carbonyl (C=O) groups excluding carboxylic acids is 1. The van der Waals surface area contributed by atoms with Crippen LogP contribution in [0.5, 0.6) is 0 Å². The molecule has 0 unspecified atom stereocenters. The average molecular weight is 231 g/mol. The standard InChI is InChI=1S/C13H17N3O/c1-10(2)5-4-8-15-12-7-6-11(9-16-12)13(17)14-3/h6-7,9-10H,8H2,1-3H3,(H,14,17)(H,15,16). The molecule has 1 heterocycles. The fourth-order valence-corrected chi connectivity index (χ4v) is 1.17. The maximum atomic E-state index is 11.3. The largest absolute Gasteiger partial charge is 0.359 e. The van der Waals surface area contributed by atoms with E-state index in [0.717, 1.165) is 5.82 Å². The minimum atomic E-state index is -0.136. The molecule has 90 valence electrons. The highest BCUT2D eigenvalue weighted by Gasteiger charge is 2.02. The molecule has 0 aliphatic carbocycles. The van der Waals surface area contributed by atoms with Crippen LogP contribution in [-0.4, -0.2) is 24.5 Å². The van der Waals surface area contributed by atoms with Crippen LogP contribution in [0.15, 0.2) is 18.3 Å². The summed E-state index contributed by atoms with van der Waals surface area (Å²) in [6.45, 7) is 4.65. The van der Waals surface area contributed by atoms with Gasteiger partial charge in [0.15, 0.2) is 0 Å². The molecule has 0 saturated carbocycles. The molecule has 4 heteroatoms. The second-order valence-corrected chi connectivity index (χ2v) is 3.84. The summed E-state index contributed by atoms with van der Waals surface area (Å²) in [6.07, 6.45) is 1.54. The number of rotatable bonds is 3. The summed E-state index contributed by atoms with van der Waals surface area (Å²) in [4.78, 5) is 15.4. The van der Waals surface area contributed by atoms with Gasteiger partial charge in [-0.15, -0.1) is 0 Å². The van der Waals surface area contributed by atoms with E-state index in [4.69, 9.17) is 0 Å². The number of carbonyl (C=O) groups is 1. The molecular weight excluding hydrogens is 214 g/mol. The van der Waals surface area contributed by atoms with Gasteiger partial charge in [0, 0.05) is 19.2 Å². The molecule has 0 aliphatic heterocycles. The van der Waals surface area contributed by atoms with E-state index in [-0.39, 0.29) is 5.91 Å². The molecule has 0 aliphatic rings. The summed E-state index contributed by atoms with van der Waals surface area (Å²) < 4.78 is 0. The molecule has 0 radical (unpaired) electrons. The highest BCUT2D eigenvalue weighted by molar-refractivity contribution is 5.93. The molecule has 17 heavy (non-hydrogen) atoms. The zero-order valence-corrected chi connectivity index (χ0v) is 10.4. The Balaban J connectivity index is 2.52. The van der Waals surface area contributed by atoms with Gasteiger partial charge in [-0.2, -0.15) is 0 Å². The van der Waals surface area contributed by atoms with Crippen molar-refractivity contribution in [2.75, 3.05) is 18.9 Å². The van der Waals surface area contributed by atoms with Crippen molar-refractivity contribution in [1.82, 2.24) is 10.3 Å². The van der Waals surface area contributed by atoms with E-state index in [1.165, 1.54) is 6.20 Å². The summed E-state index contributed by atoms with van der Waals surface area (Å²) in [5.41, 5.74) is 0.548. The number of nitrogens with zero attached hydrogens (tertiary/aromatic N) is 1. The lowest BCUT2D eigenvalue weighted by Crippen LogP contribution is -2.18. The van der Waals surface area contributed by atoms with Gasteiger partial charge in [0.05, 0.1) is 12.1 Å². The van der Waals surface area contributed by atoms with Crippen molar-refractivity contribution in [2.45, 2.75) is 13.8 Å². The Morgan fingerprint density at radius 2 is 2.24 bits per heavy atom. The number of nitrogens with one attached hydrogen (secondary N) is 2. The highest BCUT2D eigenvalue weighted by atomic mass is 16.1. The van der Waals surface area contributed by atoms with E-state index in [9.17, 15) is 4.79 Å². The number of pyridine rings is 1. The lowest BCUT2D eigenvalue weighted by atomic mass is 10.2. The van der Waals surface area contributed by atoms with E-state index in [1.54, 1.807) is 19.2 Å². The summed E-state index contributed by atoms with van der Waals surface area (Å²) in [5.74, 6) is 7.01. The van der Waals surface area contributed by atoms with E-state index in [1.807, 2.05) is 13.8 Å². The first-order chi connectivity index (χ1) is 8.13. The molecule has 1 aromatic rings. The zero-order valence-electron chi connectivity index (χ0n) is 10.4. The van der Waals surface area contributed by atoms with Crippen molar-refractivity contribution in [3.8, 4) is 11.8 Å². The second-order valence-electron chi connectivity index (χ2n) is 3.84. The Kier molecular flexibility index (Phi) is 5.02. The molecule has 1 aromatic heterocycles. The van der Waals surface area contributed by atoms with Crippen LogP contribution >= 0.6 is 0 Å². The third-order valence-electron chi connectivity index (χ3n) is 2.00. The van der Waals surface area contributed by atoms with Crippen LogP contribution in [0.2, 0.25) is 0 Å². The predicted octanol–water partition coefficient (Wildman–Crippen LogP) is 1.51. The van der Waals surface area contributed by atoms with Gasteiger partial charge in [-0.25, -0.2) is 4.98 Å². The Morgan fingerprint density at radius 1 is 1.47 bits per heavy atom. The average Bonchev–Trinajstić information content (AvgIpc) is 2.34. The van der Waals surface area contributed by atoms with Crippen molar-refractivity contribution in [3.05, 3.63) is 23.9 Å². The molecule has 2 N–H and O–H groups in total. The molecule has 1 amide bonds. The smallest absolute Gasteiger partial charge is 0.252 e. The minimum Gasteiger partial charge on any atom is -0.359 e. The van der Waals surface area contributed by atoms with E-state index >= 15 is 0 Å². The zero-order chi connectivity index (χ0) is 12.7. The van der Waals surface area contributed by atoms with Crippen LogP contribution in [0.25, 0.3) is 0 Å².